The molecule has 25 heavy (non-hydrogen) atoms. The molecule has 1 aliphatic rings. The van der Waals surface area contributed by atoms with Crippen LogP contribution in [0.1, 0.15) is 23.1 Å². The third-order valence-corrected chi connectivity index (χ3v) is 4.72. The van der Waals surface area contributed by atoms with E-state index in [9.17, 15) is 14.7 Å². The number of amides is 1. The lowest BCUT2D eigenvalue weighted by Crippen LogP contribution is -2.36. The van der Waals surface area contributed by atoms with E-state index in [0.29, 0.717) is 25.1 Å². The maximum atomic E-state index is 12.6. The second-order valence-electron chi connectivity index (χ2n) is 6.52. The second-order valence-corrected chi connectivity index (χ2v) is 6.52. The van der Waals surface area contributed by atoms with Crippen molar-refractivity contribution in [3.05, 3.63) is 65.2 Å². The van der Waals surface area contributed by atoms with Gasteiger partial charge in [-0.2, -0.15) is 0 Å². The summed E-state index contributed by atoms with van der Waals surface area (Å²) in [5, 5.41) is 12.6. The van der Waals surface area contributed by atoms with Gasteiger partial charge in [0.2, 0.25) is 5.91 Å². The average molecular weight is 339 g/mol. The first-order chi connectivity index (χ1) is 12.0. The highest BCUT2D eigenvalue weighted by Crippen LogP contribution is 2.40. The van der Waals surface area contributed by atoms with E-state index in [2.05, 4.69) is 5.32 Å². The maximum absolute atomic E-state index is 12.6. The smallest absolute Gasteiger partial charge is 0.310 e. The predicted molar refractivity (Wildman–Crippen MR) is 94.3 cm³/mol. The van der Waals surface area contributed by atoms with Gasteiger partial charge in [0, 0.05) is 24.8 Å². The summed E-state index contributed by atoms with van der Waals surface area (Å²) < 4.78 is 5.14. The zero-order chi connectivity index (χ0) is 17.9. The summed E-state index contributed by atoms with van der Waals surface area (Å²) in [5.41, 5.74) is 2.46. The molecule has 0 saturated carbocycles. The van der Waals surface area contributed by atoms with Gasteiger partial charge in [0.05, 0.1) is 12.0 Å². The monoisotopic (exact) mass is 339 g/mol. The Morgan fingerprint density at radius 1 is 1.08 bits per heavy atom. The Labute approximate surface area is 146 Å². The third-order valence-electron chi connectivity index (χ3n) is 4.72. The minimum Gasteiger partial charge on any atom is -0.481 e. The van der Waals surface area contributed by atoms with Gasteiger partial charge in [-0.05, 0) is 30.0 Å². The van der Waals surface area contributed by atoms with E-state index in [-0.39, 0.29) is 12.3 Å². The molecule has 2 aromatic carbocycles. The van der Waals surface area contributed by atoms with E-state index in [0.717, 1.165) is 16.7 Å². The molecule has 0 saturated heterocycles. The van der Waals surface area contributed by atoms with E-state index in [1.54, 1.807) is 13.2 Å². The number of carbonyl (C=O) groups is 2. The van der Waals surface area contributed by atoms with Crippen LogP contribution in [-0.4, -0.2) is 24.1 Å². The van der Waals surface area contributed by atoms with Crippen LogP contribution in [0.5, 0.6) is 0 Å². The molecule has 5 nitrogen and oxygen atoms in total. The van der Waals surface area contributed by atoms with Gasteiger partial charge in [-0.1, -0.05) is 42.5 Å². The number of aliphatic carboxylic acids is 1. The average Bonchev–Trinajstić information content (AvgIpc) is 2.96. The number of hydrogen-bond acceptors (Lipinski definition) is 3. The fourth-order valence-corrected chi connectivity index (χ4v) is 3.47. The molecule has 130 valence electrons. The van der Waals surface area contributed by atoms with Crippen molar-refractivity contribution in [2.75, 3.05) is 12.4 Å². The van der Waals surface area contributed by atoms with Crippen molar-refractivity contribution in [2.45, 2.75) is 25.9 Å². The number of para-hydroxylation sites is 1. The number of benzene rings is 2. The lowest BCUT2D eigenvalue weighted by molar-refractivity contribution is -0.150. The summed E-state index contributed by atoms with van der Waals surface area (Å²) in [6, 6.07) is 15.0. The minimum atomic E-state index is -1.08. The zero-order valence-corrected chi connectivity index (χ0v) is 14.1. The standard InChI is InChI=1S/C20H21NO4/c1-25-13-16-8-4-5-9-17(16)21-18(22)12-20(19(23)24)10-14-6-2-3-7-15(14)11-20/h2-9H,10-13H2,1H3,(H,21,22)(H,23,24). The normalized spacial score (nSPS) is 14.8. The van der Waals surface area contributed by atoms with E-state index in [1.165, 1.54) is 0 Å². The Bertz CT molecular complexity index is 775. The molecule has 0 spiro atoms. The van der Waals surface area contributed by atoms with Gasteiger partial charge in [0.15, 0.2) is 0 Å². The van der Waals surface area contributed by atoms with Gasteiger partial charge in [-0.25, -0.2) is 0 Å². The van der Waals surface area contributed by atoms with E-state index in [4.69, 9.17) is 4.74 Å². The van der Waals surface area contributed by atoms with Crippen molar-refractivity contribution >= 4 is 17.6 Å². The number of anilines is 1. The van der Waals surface area contributed by atoms with Crippen molar-refractivity contribution in [2.24, 2.45) is 5.41 Å². The van der Waals surface area contributed by atoms with E-state index >= 15 is 0 Å². The number of fused-ring (bicyclic) bond motifs is 1. The fraction of sp³-hybridized carbons (Fsp3) is 0.300. The number of rotatable bonds is 6. The lowest BCUT2D eigenvalue weighted by Gasteiger charge is -2.23. The second kappa shape index (κ2) is 7.07. The van der Waals surface area contributed by atoms with Crippen LogP contribution in [-0.2, 0) is 33.8 Å². The summed E-state index contributed by atoms with van der Waals surface area (Å²) >= 11 is 0. The molecule has 0 unspecified atom stereocenters. The van der Waals surface area contributed by atoms with Crippen molar-refractivity contribution in [1.82, 2.24) is 0 Å². The lowest BCUT2D eigenvalue weighted by atomic mass is 9.81. The van der Waals surface area contributed by atoms with Crippen LogP contribution >= 0.6 is 0 Å². The molecular formula is C20H21NO4. The number of ether oxygens (including phenoxy) is 1. The van der Waals surface area contributed by atoms with Gasteiger partial charge in [0.25, 0.3) is 0 Å². The number of carbonyl (C=O) groups excluding carboxylic acids is 1. The molecule has 0 radical (unpaired) electrons. The van der Waals surface area contributed by atoms with Crippen LogP contribution in [0.25, 0.3) is 0 Å². The Hall–Kier alpha value is -2.66. The van der Waals surface area contributed by atoms with Crippen molar-refractivity contribution in [3.8, 4) is 0 Å². The van der Waals surface area contributed by atoms with E-state index in [1.807, 2.05) is 42.5 Å². The number of carboxylic acid groups (broad SMARTS) is 1. The van der Waals surface area contributed by atoms with Gasteiger partial charge in [0.1, 0.15) is 0 Å². The molecule has 0 heterocycles. The molecule has 5 heteroatoms. The van der Waals surface area contributed by atoms with Crippen LogP contribution in [0, 0.1) is 5.41 Å². The highest BCUT2D eigenvalue weighted by molar-refractivity contribution is 5.95. The molecule has 3 rings (SSSR count). The van der Waals surface area contributed by atoms with Crippen LogP contribution in [0.15, 0.2) is 48.5 Å². The molecule has 0 aromatic heterocycles. The first kappa shape index (κ1) is 17.2. The summed E-state index contributed by atoms with van der Waals surface area (Å²) in [4.78, 5) is 24.5. The van der Waals surface area contributed by atoms with Crippen LogP contribution < -0.4 is 5.32 Å². The Morgan fingerprint density at radius 3 is 2.28 bits per heavy atom. The summed E-state index contributed by atoms with van der Waals surface area (Å²) in [7, 11) is 1.59. The van der Waals surface area contributed by atoms with Crippen molar-refractivity contribution in [3.63, 3.8) is 0 Å². The SMILES string of the molecule is COCc1ccccc1NC(=O)CC1(C(=O)O)Cc2ccccc2C1. The van der Waals surface area contributed by atoms with Crippen LogP contribution in [0.4, 0.5) is 5.69 Å². The molecule has 0 fully saturated rings. The van der Waals surface area contributed by atoms with Gasteiger partial charge in [-0.3, -0.25) is 9.59 Å². The third kappa shape index (κ3) is 3.56. The van der Waals surface area contributed by atoms with Gasteiger partial charge in [-0.15, -0.1) is 0 Å². The number of carboxylic acids is 1. The molecule has 0 atom stereocenters. The largest absolute Gasteiger partial charge is 0.481 e. The topological polar surface area (TPSA) is 75.6 Å². The molecule has 0 aliphatic heterocycles. The Kier molecular flexibility index (Phi) is 4.86. The number of nitrogens with one attached hydrogen (secondary N) is 1. The molecule has 2 aromatic rings. The molecule has 1 amide bonds. The summed E-state index contributed by atoms with van der Waals surface area (Å²) in [5.74, 6) is -1.22. The summed E-state index contributed by atoms with van der Waals surface area (Å²) in [6.07, 6.45) is 0.704. The number of methoxy groups -OCH3 is 1. The summed E-state index contributed by atoms with van der Waals surface area (Å²) in [6.45, 7) is 0.381. The first-order valence-electron chi connectivity index (χ1n) is 8.21. The maximum Gasteiger partial charge on any atom is 0.310 e. The Morgan fingerprint density at radius 2 is 1.68 bits per heavy atom. The van der Waals surface area contributed by atoms with Gasteiger partial charge >= 0.3 is 5.97 Å². The molecule has 2 N–H and O–H groups in total. The number of hydrogen-bond donors (Lipinski definition) is 2. The van der Waals surface area contributed by atoms with E-state index < -0.39 is 11.4 Å². The highest BCUT2D eigenvalue weighted by atomic mass is 16.5. The first-order valence-corrected chi connectivity index (χ1v) is 8.21. The molecule has 0 bridgehead atoms. The van der Waals surface area contributed by atoms with Crippen LogP contribution in [0.3, 0.4) is 0 Å². The predicted octanol–water partition coefficient (Wildman–Crippen LogP) is 3.03. The molecular weight excluding hydrogens is 318 g/mol. The quantitative estimate of drug-likeness (QED) is 0.848. The molecule has 1 aliphatic carbocycles. The fourth-order valence-electron chi connectivity index (χ4n) is 3.47. The van der Waals surface area contributed by atoms with Gasteiger partial charge < -0.3 is 15.2 Å². The van der Waals surface area contributed by atoms with Crippen molar-refractivity contribution in [1.29, 1.82) is 0 Å². The highest BCUT2D eigenvalue weighted by Gasteiger charge is 2.45. The van der Waals surface area contributed by atoms with Crippen molar-refractivity contribution < 1.29 is 19.4 Å². The zero-order valence-electron chi connectivity index (χ0n) is 14.1. The van der Waals surface area contributed by atoms with Crippen LogP contribution in [0.2, 0.25) is 0 Å². The minimum absolute atomic E-state index is 0.0572. The Balaban J connectivity index is 1.76.